The van der Waals surface area contributed by atoms with Crippen LogP contribution in [0.3, 0.4) is 0 Å². The highest BCUT2D eigenvalue weighted by molar-refractivity contribution is 6.46. The lowest BCUT2D eigenvalue weighted by atomic mass is 10.2. The highest BCUT2D eigenvalue weighted by atomic mass is 35.5. The van der Waals surface area contributed by atoms with Crippen molar-refractivity contribution in [3.8, 4) is 11.4 Å². The number of rotatable bonds is 2. The maximum atomic E-state index is 12.4. The lowest BCUT2D eigenvalue weighted by molar-refractivity contribution is 0.0240. The molecule has 0 spiro atoms. The Morgan fingerprint density at radius 2 is 1.55 bits per heavy atom. The molecule has 1 aliphatic heterocycles. The number of carbonyl (C=O) groups excluding carboxylic acids is 1. The third-order valence-electron chi connectivity index (χ3n) is 4.73. The fourth-order valence-electron chi connectivity index (χ4n) is 3.30. The predicted molar refractivity (Wildman–Crippen MR) is 136 cm³/mol. The average Bonchev–Trinajstić information content (AvgIpc) is 2.79. The number of hydrogen-bond acceptors (Lipinski definition) is 6. The van der Waals surface area contributed by atoms with Gasteiger partial charge in [0.15, 0.2) is 5.82 Å². The molecule has 2 aromatic heterocycles. The molecule has 1 fully saturated rings. The maximum Gasteiger partial charge on any atom is 0.410 e. The quantitative estimate of drug-likeness (QED) is 0.618. The first-order valence-electron chi connectivity index (χ1n) is 11.1. The third-order valence-corrected chi connectivity index (χ3v) is 5.10. The van der Waals surface area contributed by atoms with E-state index >= 15 is 0 Å². The molecule has 2 aromatic rings. The second kappa shape index (κ2) is 11.7. The van der Waals surface area contributed by atoms with Gasteiger partial charge in [-0.25, -0.2) is 14.8 Å². The van der Waals surface area contributed by atoms with Gasteiger partial charge in [-0.15, -0.1) is 0 Å². The van der Waals surface area contributed by atoms with E-state index < -0.39 is 5.60 Å². The summed E-state index contributed by atoms with van der Waals surface area (Å²) in [6.45, 7) is 15.4. The summed E-state index contributed by atoms with van der Waals surface area (Å²) in [4.78, 5) is 29.8. The van der Waals surface area contributed by atoms with E-state index in [1.807, 2.05) is 46.8 Å². The largest absolute Gasteiger partial charge is 0.444 e. The number of pyridine rings is 1. The molecule has 7 nitrogen and oxygen atoms in total. The molecule has 1 amide bonds. The summed E-state index contributed by atoms with van der Waals surface area (Å²) >= 11 is 12.9. The molecule has 180 valence electrons. The van der Waals surface area contributed by atoms with E-state index in [4.69, 9.17) is 32.9 Å². The molecule has 0 atom stereocenters. The minimum atomic E-state index is -0.527. The zero-order valence-corrected chi connectivity index (χ0v) is 22.0. The second-order valence-corrected chi connectivity index (χ2v) is 9.49. The number of halogens is 2. The molecule has 0 bridgehead atoms. The van der Waals surface area contributed by atoms with Crippen LogP contribution in [0.2, 0.25) is 0 Å². The second-order valence-electron chi connectivity index (χ2n) is 8.35. The number of piperazine rings is 1. The minimum absolute atomic E-state index is 0.307. The van der Waals surface area contributed by atoms with Gasteiger partial charge in [0.1, 0.15) is 11.4 Å². The number of carbonyl (C=O) groups is 1. The highest BCUT2D eigenvalue weighted by Crippen LogP contribution is 2.18. The summed E-state index contributed by atoms with van der Waals surface area (Å²) in [5, 5.41) is 2.39. The van der Waals surface area contributed by atoms with E-state index in [-0.39, 0.29) is 6.09 Å². The van der Waals surface area contributed by atoms with E-state index in [0.717, 1.165) is 5.56 Å². The summed E-state index contributed by atoms with van der Waals surface area (Å²) in [6, 6.07) is 3.70. The molecule has 1 saturated heterocycles. The Labute approximate surface area is 206 Å². The predicted octanol–water partition coefficient (Wildman–Crippen LogP) is 4.36. The van der Waals surface area contributed by atoms with E-state index in [1.165, 1.54) is 0 Å². The number of nitrogens with zero attached hydrogens (tertiary/aromatic N) is 5. The molecule has 0 unspecified atom stereocenters. The van der Waals surface area contributed by atoms with Crippen LogP contribution in [0.4, 0.5) is 10.6 Å². The summed E-state index contributed by atoms with van der Waals surface area (Å²) < 4.78 is 5.50. The number of anilines is 1. The Hall–Kier alpha value is -2.38. The number of aromatic nitrogens is 3. The van der Waals surface area contributed by atoms with Crippen LogP contribution in [-0.2, 0) is 4.74 Å². The van der Waals surface area contributed by atoms with Crippen molar-refractivity contribution in [3.63, 3.8) is 0 Å². The lowest BCUT2D eigenvalue weighted by Crippen LogP contribution is -2.52. The van der Waals surface area contributed by atoms with Gasteiger partial charge in [0, 0.05) is 54.2 Å². The SMILES string of the molecule is C/C(Cl)=c1/nc(-c2ccncc2)nc(N2CCN(C(=O)OC(C)(C)C)CC2)/c1=C(/C)Cl.CC. The van der Waals surface area contributed by atoms with Crippen molar-refractivity contribution in [2.45, 2.75) is 54.1 Å². The molecule has 3 heterocycles. The van der Waals surface area contributed by atoms with Crippen LogP contribution in [0.15, 0.2) is 24.5 Å². The van der Waals surface area contributed by atoms with Crippen LogP contribution in [0.1, 0.15) is 48.5 Å². The van der Waals surface area contributed by atoms with Gasteiger partial charge in [0.05, 0.1) is 10.6 Å². The van der Waals surface area contributed by atoms with E-state index in [9.17, 15) is 4.79 Å². The summed E-state index contributed by atoms with van der Waals surface area (Å²) in [5.74, 6) is 1.25. The number of hydrogen-bond donors (Lipinski definition) is 0. The monoisotopic (exact) mass is 493 g/mol. The number of amides is 1. The van der Waals surface area contributed by atoms with Gasteiger partial charge in [-0.2, -0.15) is 0 Å². The van der Waals surface area contributed by atoms with Crippen LogP contribution in [0.25, 0.3) is 21.5 Å². The smallest absolute Gasteiger partial charge is 0.410 e. The van der Waals surface area contributed by atoms with Crippen molar-refractivity contribution < 1.29 is 9.53 Å². The van der Waals surface area contributed by atoms with Crippen LogP contribution in [0, 0.1) is 0 Å². The Bertz CT molecular complexity index is 1070. The third kappa shape index (κ3) is 7.05. The Morgan fingerprint density at radius 1 is 0.970 bits per heavy atom. The first-order chi connectivity index (χ1) is 15.6. The van der Waals surface area contributed by atoms with Gasteiger partial charge in [-0.3, -0.25) is 4.98 Å². The summed E-state index contributed by atoms with van der Waals surface area (Å²) in [5.41, 5.74) is 0.308. The van der Waals surface area contributed by atoms with Crippen molar-refractivity contribution in [3.05, 3.63) is 35.1 Å². The molecule has 0 radical (unpaired) electrons. The van der Waals surface area contributed by atoms with Crippen molar-refractivity contribution in [1.29, 1.82) is 0 Å². The Kier molecular flexibility index (Phi) is 9.49. The molecule has 33 heavy (non-hydrogen) atoms. The van der Waals surface area contributed by atoms with Crippen molar-refractivity contribution >= 4 is 45.2 Å². The molecule has 1 aliphatic rings. The zero-order chi connectivity index (χ0) is 24.8. The molecule has 0 aromatic carbocycles. The maximum absolute atomic E-state index is 12.4. The molecule has 3 rings (SSSR count). The van der Waals surface area contributed by atoms with Crippen LogP contribution in [0.5, 0.6) is 0 Å². The molecule has 0 N–H and O–H groups in total. The fourth-order valence-corrected chi connectivity index (χ4v) is 3.61. The minimum Gasteiger partial charge on any atom is -0.444 e. The topological polar surface area (TPSA) is 71.5 Å². The average molecular weight is 494 g/mol. The van der Waals surface area contributed by atoms with E-state index in [1.54, 1.807) is 31.1 Å². The van der Waals surface area contributed by atoms with Crippen LogP contribution < -0.4 is 15.5 Å². The van der Waals surface area contributed by atoms with Gasteiger partial charge < -0.3 is 14.5 Å². The highest BCUT2D eigenvalue weighted by Gasteiger charge is 2.27. The van der Waals surface area contributed by atoms with Crippen LogP contribution >= 0.6 is 23.2 Å². The van der Waals surface area contributed by atoms with Crippen molar-refractivity contribution in [2.24, 2.45) is 0 Å². The Balaban J connectivity index is 0.00000187. The van der Waals surface area contributed by atoms with Gasteiger partial charge in [0.2, 0.25) is 0 Å². The normalized spacial score (nSPS) is 15.9. The summed E-state index contributed by atoms with van der Waals surface area (Å²) in [7, 11) is 0. The molecule has 9 heteroatoms. The standard InChI is InChI=1S/C22H27Cl2N5O2.C2H6/c1-14(23)17-18(15(2)24)26-19(16-6-8-25-9-7-16)27-20(17)28-10-12-29(13-11-28)21(30)31-22(3,4)5;1-2/h6-9H,10-13H2,1-5H3;1-2H3/b17-14-,18-15-;. The van der Waals surface area contributed by atoms with E-state index in [2.05, 4.69) is 14.9 Å². The van der Waals surface area contributed by atoms with Crippen LogP contribution in [-0.4, -0.2) is 57.7 Å². The lowest BCUT2D eigenvalue weighted by Gasteiger charge is -2.36. The van der Waals surface area contributed by atoms with Gasteiger partial charge >= 0.3 is 6.09 Å². The Morgan fingerprint density at radius 3 is 2.03 bits per heavy atom. The first kappa shape index (κ1) is 26.9. The van der Waals surface area contributed by atoms with Gasteiger partial charge in [0.25, 0.3) is 0 Å². The molecule has 0 aliphatic carbocycles. The van der Waals surface area contributed by atoms with Gasteiger partial charge in [-0.05, 0) is 46.8 Å². The molecular weight excluding hydrogens is 461 g/mol. The number of ether oxygens (including phenoxy) is 1. The molecule has 0 saturated carbocycles. The van der Waals surface area contributed by atoms with Gasteiger partial charge in [-0.1, -0.05) is 37.0 Å². The first-order valence-corrected chi connectivity index (χ1v) is 11.9. The fraction of sp³-hybridized carbons (Fsp3) is 0.500. The van der Waals surface area contributed by atoms with Crippen molar-refractivity contribution in [2.75, 3.05) is 31.1 Å². The summed E-state index contributed by atoms with van der Waals surface area (Å²) in [6.07, 6.45) is 3.09. The molecular formula is C24H33Cl2N5O2. The van der Waals surface area contributed by atoms with E-state index in [0.29, 0.717) is 58.5 Å². The zero-order valence-electron chi connectivity index (χ0n) is 20.4. The van der Waals surface area contributed by atoms with Crippen molar-refractivity contribution in [1.82, 2.24) is 19.9 Å².